The van der Waals surface area contributed by atoms with E-state index in [9.17, 15) is 5.26 Å². The van der Waals surface area contributed by atoms with Crippen LogP contribution >= 0.6 is 11.8 Å². The van der Waals surface area contributed by atoms with Gasteiger partial charge in [0.2, 0.25) is 5.16 Å². The molecule has 2 unspecified atom stereocenters. The Morgan fingerprint density at radius 3 is 2.94 bits per heavy atom. The molecule has 1 aromatic rings. The zero-order chi connectivity index (χ0) is 13.2. The largest absolute Gasteiger partial charge is 0.297 e. The molecule has 1 aliphatic carbocycles. The van der Waals surface area contributed by atoms with Crippen molar-refractivity contribution in [3.8, 4) is 6.07 Å². The summed E-state index contributed by atoms with van der Waals surface area (Å²) in [5, 5.41) is 25.4. The topological polar surface area (TPSA) is 79.4 Å². The second-order valence-corrected chi connectivity index (χ2v) is 6.33. The molecule has 0 radical (unpaired) electrons. The van der Waals surface area contributed by atoms with Crippen molar-refractivity contribution in [3.63, 3.8) is 0 Å². The monoisotopic (exact) mass is 266 g/mol. The lowest BCUT2D eigenvalue weighted by Crippen LogP contribution is -2.45. The van der Waals surface area contributed by atoms with Gasteiger partial charge in [0.05, 0.1) is 6.07 Å². The number of aryl methyl sites for hydroxylation is 1. The first-order valence-corrected chi connectivity index (χ1v) is 7.00. The van der Waals surface area contributed by atoms with Crippen LogP contribution in [-0.2, 0) is 7.05 Å². The molecule has 6 nitrogen and oxygen atoms in total. The Hall–Kier alpha value is -1.13. The maximum atomic E-state index is 9.40. The molecule has 0 amide bonds. The average molecular weight is 266 g/mol. The van der Waals surface area contributed by atoms with Crippen LogP contribution in [0.1, 0.15) is 33.1 Å². The van der Waals surface area contributed by atoms with Gasteiger partial charge in [-0.05, 0) is 43.5 Å². The molecule has 2 rings (SSSR count). The molecule has 1 aliphatic rings. The maximum absolute atomic E-state index is 9.40. The van der Waals surface area contributed by atoms with E-state index in [0.717, 1.165) is 24.4 Å². The minimum absolute atomic E-state index is 0.324. The molecule has 1 aromatic heterocycles. The highest BCUT2D eigenvalue weighted by atomic mass is 32.2. The van der Waals surface area contributed by atoms with Crippen LogP contribution in [0, 0.1) is 11.3 Å². The molecule has 1 fully saturated rings. The Labute approximate surface area is 111 Å². The smallest absolute Gasteiger partial charge is 0.209 e. The van der Waals surface area contributed by atoms with E-state index in [-0.39, 0.29) is 5.54 Å². The zero-order valence-corrected chi connectivity index (χ0v) is 11.7. The van der Waals surface area contributed by atoms with Gasteiger partial charge in [-0.2, -0.15) is 5.26 Å². The molecule has 2 atom stereocenters. The van der Waals surface area contributed by atoms with Crippen molar-refractivity contribution in [2.24, 2.45) is 7.05 Å². The molecule has 98 valence electrons. The first kappa shape index (κ1) is 13.3. The lowest BCUT2D eigenvalue weighted by atomic mass is 9.99. The van der Waals surface area contributed by atoms with Crippen LogP contribution in [-0.4, -0.2) is 37.0 Å². The molecule has 1 N–H and O–H groups in total. The minimum atomic E-state index is -0.377. The summed E-state index contributed by atoms with van der Waals surface area (Å²) in [6.07, 6.45) is 2.76. The molecule has 7 heteroatoms. The third-order valence-electron chi connectivity index (χ3n) is 3.10. The molecule has 0 bridgehead atoms. The summed E-state index contributed by atoms with van der Waals surface area (Å²) in [4.78, 5) is 0. The van der Waals surface area contributed by atoms with Gasteiger partial charge in [-0.25, -0.2) is 4.68 Å². The molecule has 0 spiro atoms. The van der Waals surface area contributed by atoms with E-state index in [1.807, 2.05) is 7.05 Å². The van der Waals surface area contributed by atoms with Crippen LogP contribution in [0.2, 0.25) is 0 Å². The number of hydrogen-bond donors (Lipinski definition) is 1. The predicted octanol–water partition coefficient (Wildman–Crippen LogP) is 1.12. The number of tetrazole rings is 1. The molecule has 0 aromatic carbocycles. The van der Waals surface area contributed by atoms with Crippen molar-refractivity contribution >= 4 is 11.8 Å². The highest BCUT2D eigenvalue weighted by Crippen LogP contribution is 2.39. The molecule has 1 saturated carbocycles. The van der Waals surface area contributed by atoms with E-state index < -0.39 is 0 Å². The van der Waals surface area contributed by atoms with Crippen molar-refractivity contribution in [1.82, 2.24) is 25.5 Å². The predicted molar refractivity (Wildman–Crippen MR) is 68.9 cm³/mol. The molecular weight excluding hydrogens is 248 g/mol. The minimum Gasteiger partial charge on any atom is -0.297 e. The van der Waals surface area contributed by atoms with Crippen molar-refractivity contribution in [3.05, 3.63) is 0 Å². The maximum Gasteiger partial charge on any atom is 0.209 e. The Bertz CT molecular complexity index is 451. The van der Waals surface area contributed by atoms with E-state index >= 15 is 0 Å². The number of aromatic nitrogens is 4. The Balaban J connectivity index is 1.99. The van der Waals surface area contributed by atoms with E-state index in [4.69, 9.17) is 0 Å². The van der Waals surface area contributed by atoms with Gasteiger partial charge >= 0.3 is 0 Å². The second kappa shape index (κ2) is 5.24. The number of thioether (sulfide) groups is 1. The highest BCUT2D eigenvalue weighted by molar-refractivity contribution is 7.99. The third kappa shape index (κ3) is 2.82. The first-order valence-electron chi connectivity index (χ1n) is 6.12. The fourth-order valence-electron chi connectivity index (χ4n) is 2.39. The van der Waals surface area contributed by atoms with Gasteiger partial charge in [-0.3, -0.25) is 5.32 Å². The van der Waals surface area contributed by atoms with Crippen molar-refractivity contribution < 1.29 is 0 Å². The van der Waals surface area contributed by atoms with Gasteiger partial charge in [0.1, 0.15) is 5.54 Å². The fraction of sp³-hybridized carbons (Fsp3) is 0.818. The quantitative estimate of drug-likeness (QED) is 0.879. The number of nitrogens with zero attached hydrogens (tertiary/aromatic N) is 5. The highest BCUT2D eigenvalue weighted by Gasteiger charge is 2.40. The van der Waals surface area contributed by atoms with E-state index in [1.54, 1.807) is 16.4 Å². The average Bonchev–Trinajstić information content (AvgIpc) is 2.88. The van der Waals surface area contributed by atoms with Crippen LogP contribution in [0.15, 0.2) is 5.16 Å². The molecule has 0 saturated heterocycles. The molecule has 1 heterocycles. The van der Waals surface area contributed by atoms with Gasteiger partial charge in [-0.1, -0.05) is 11.8 Å². The fourth-order valence-corrected chi connectivity index (χ4v) is 3.56. The number of nitrogens with one attached hydrogen (secondary N) is 1. The van der Waals surface area contributed by atoms with Gasteiger partial charge in [0.25, 0.3) is 0 Å². The lowest BCUT2D eigenvalue weighted by molar-refractivity contribution is 0.386. The molecule has 0 aliphatic heterocycles. The number of rotatable bonds is 4. The molecular formula is C11H18N6S. The van der Waals surface area contributed by atoms with Gasteiger partial charge < -0.3 is 0 Å². The summed E-state index contributed by atoms with van der Waals surface area (Å²) >= 11 is 1.66. The third-order valence-corrected chi connectivity index (χ3v) is 4.39. The van der Waals surface area contributed by atoms with Gasteiger partial charge in [0, 0.05) is 18.3 Å². The summed E-state index contributed by atoms with van der Waals surface area (Å²) in [5.74, 6) is 0. The van der Waals surface area contributed by atoms with Crippen LogP contribution in [0.3, 0.4) is 0 Å². The summed E-state index contributed by atoms with van der Waals surface area (Å²) in [6, 6.07) is 2.77. The van der Waals surface area contributed by atoms with Crippen molar-refractivity contribution in [1.29, 1.82) is 5.26 Å². The zero-order valence-electron chi connectivity index (χ0n) is 10.9. The number of hydrogen-bond acceptors (Lipinski definition) is 6. The Morgan fingerprint density at radius 2 is 2.39 bits per heavy atom. The van der Waals surface area contributed by atoms with Crippen LogP contribution in [0.25, 0.3) is 0 Å². The summed E-state index contributed by atoms with van der Waals surface area (Å²) in [6.45, 7) is 4.15. The van der Waals surface area contributed by atoms with Gasteiger partial charge in [-0.15, -0.1) is 5.10 Å². The van der Waals surface area contributed by atoms with Gasteiger partial charge in [0.15, 0.2) is 0 Å². The van der Waals surface area contributed by atoms with Crippen LogP contribution in [0.4, 0.5) is 0 Å². The summed E-state index contributed by atoms with van der Waals surface area (Å²) in [7, 11) is 1.83. The standard InChI is InChI=1S/C11H18N6S/c1-8(2)13-11(7-12)5-4-9(6-11)18-10-14-15-16-17(10)3/h8-9,13H,4-6H2,1-3H3. The van der Waals surface area contributed by atoms with E-state index in [0.29, 0.717) is 11.3 Å². The van der Waals surface area contributed by atoms with Crippen LogP contribution < -0.4 is 5.32 Å². The number of nitriles is 1. The van der Waals surface area contributed by atoms with Crippen molar-refractivity contribution in [2.75, 3.05) is 0 Å². The van der Waals surface area contributed by atoms with E-state index in [1.165, 1.54) is 0 Å². The van der Waals surface area contributed by atoms with Crippen molar-refractivity contribution in [2.45, 2.75) is 55.1 Å². The van der Waals surface area contributed by atoms with Crippen LogP contribution in [0.5, 0.6) is 0 Å². The summed E-state index contributed by atoms with van der Waals surface area (Å²) < 4.78 is 1.67. The molecule has 18 heavy (non-hydrogen) atoms. The lowest BCUT2D eigenvalue weighted by Gasteiger charge is -2.25. The Morgan fingerprint density at radius 1 is 1.61 bits per heavy atom. The van der Waals surface area contributed by atoms with E-state index in [2.05, 4.69) is 40.8 Å². The second-order valence-electron chi connectivity index (χ2n) is 5.06. The normalized spacial score (nSPS) is 27.6. The Kier molecular flexibility index (Phi) is 3.88. The summed E-state index contributed by atoms with van der Waals surface area (Å²) in [5.41, 5.74) is -0.377. The SMILES string of the molecule is CC(C)NC1(C#N)CCC(Sc2nnnn2C)C1. The first-order chi connectivity index (χ1) is 8.54.